The molecule has 1 saturated heterocycles. The number of hydrogen-bond donors (Lipinski definition) is 0. The van der Waals surface area contributed by atoms with Crippen molar-refractivity contribution in [2.45, 2.75) is 19.4 Å². The van der Waals surface area contributed by atoms with Crippen LogP contribution in [-0.4, -0.2) is 47.5 Å². The van der Waals surface area contributed by atoms with Gasteiger partial charge in [-0.3, -0.25) is 9.58 Å². The minimum absolute atomic E-state index is 0.153. The summed E-state index contributed by atoms with van der Waals surface area (Å²) in [6.45, 7) is 8.56. The van der Waals surface area contributed by atoms with E-state index < -0.39 is 0 Å². The van der Waals surface area contributed by atoms with Crippen molar-refractivity contribution in [1.29, 1.82) is 0 Å². The molecule has 0 aliphatic carbocycles. The highest BCUT2D eigenvalue weighted by molar-refractivity contribution is 5.29. The molecule has 1 aromatic heterocycles. The Hall–Kier alpha value is -1.27. The van der Waals surface area contributed by atoms with Crippen molar-refractivity contribution < 1.29 is 4.74 Å². The molecule has 17 heavy (non-hydrogen) atoms. The predicted molar refractivity (Wildman–Crippen MR) is 64.3 cm³/mol. The molecule has 1 aromatic rings. The van der Waals surface area contributed by atoms with E-state index in [-0.39, 0.29) is 5.54 Å². The van der Waals surface area contributed by atoms with Gasteiger partial charge in [0.15, 0.2) is 0 Å². The Kier molecular flexibility index (Phi) is 3.54. The predicted octanol–water partition coefficient (Wildman–Crippen LogP) is 1.35. The lowest BCUT2D eigenvalue weighted by Gasteiger charge is -2.34. The number of morpholine rings is 1. The average Bonchev–Trinajstić information content (AvgIpc) is 2.79. The first-order chi connectivity index (χ1) is 8.12. The maximum atomic E-state index is 10.4. The van der Waals surface area contributed by atoms with Gasteiger partial charge >= 0.3 is 0 Å². The highest BCUT2D eigenvalue weighted by Crippen LogP contribution is 2.20. The molecule has 1 aliphatic rings. The molecule has 0 radical (unpaired) electrons. The van der Waals surface area contributed by atoms with E-state index in [1.165, 1.54) is 6.20 Å². The van der Waals surface area contributed by atoms with E-state index in [1.807, 2.05) is 0 Å². The molecule has 0 aromatic carbocycles. The van der Waals surface area contributed by atoms with Crippen LogP contribution < -0.4 is 0 Å². The van der Waals surface area contributed by atoms with Gasteiger partial charge in [0.1, 0.15) is 5.69 Å². The second kappa shape index (κ2) is 4.93. The third kappa shape index (κ3) is 2.89. The number of aromatic nitrogens is 2. The fourth-order valence-corrected chi connectivity index (χ4v) is 2.07. The normalized spacial score (nSPS) is 18.2. The van der Waals surface area contributed by atoms with E-state index >= 15 is 0 Å². The molecule has 2 rings (SSSR count). The molecule has 0 atom stereocenters. The Morgan fingerprint density at radius 1 is 1.47 bits per heavy atom. The van der Waals surface area contributed by atoms with Crippen LogP contribution in [0.1, 0.15) is 13.8 Å². The van der Waals surface area contributed by atoms with Gasteiger partial charge in [-0.15, -0.1) is 4.91 Å². The highest BCUT2D eigenvalue weighted by atomic mass is 16.5. The first-order valence-electron chi connectivity index (χ1n) is 5.80. The van der Waals surface area contributed by atoms with Crippen molar-refractivity contribution in [3.8, 4) is 0 Å². The molecule has 0 spiro atoms. The van der Waals surface area contributed by atoms with Crippen LogP contribution in [0.15, 0.2) is 17.6 Å². The number of rotatable bonds is 4. The molecule has 0 bridgehead atoms. The smallest absolute Gasteiger partial charge is 0.145 e. The third-order valence-electron chi connectivity index (χ3n) is 3.01. The SMILES string of the molecule is CC(C)(CN1CCOCC1)n1cc(N=O)cn1. The summed E-state index contributed by atoms with van der Waals surface area (Å²) >= 11 is 0. The quantitative estimate of drug-likeness (QED) is 0.743. The van der Waals surface area contributed by atoms with Crippen LogP contribution in [0, 0.1) is 4.91 Å². The van der Waals surface area contributed by atoms with Gasteiger partial charge in [-0.05, 0) is 19.0 Å². The lowest BCUT2D eigenvalue weighted by Crippen LogP contribution is -2.46. The standard InChI is InChI=1S/C11H18N4O2/c1-11(2,9-14-3-5-17-6-4-14)15-8-10(13-16)7-12-15/h7-8H,3-6,9H2,1-2H3. The molecule has 0 amide bonds. The molecular formula is C11H18N4O2. The van der Waals surface area contributed by atoms with Crippen LogP contribution in [0.25, 0.3) is 0 Å². The average molecular weight is 238 g/mol. The van der Waals surface area contributed by atoms with E-state index in [1.54, 1.807) is 10.9 Å². The summed E-state index contributed by atoms with van der Waals surface area (Å²) in [6.07, 6.45) is 3.18. The summed E-state index contributed by atoms with van der Waals surface area (Å²) in [5.74, 6) is 0. The topological polar surface area (TPSA) is 59.7 Å². The van der Waals surface area contributed by atoms with E-state index in [0.717, 1.165) is 32.8 Å². The lowest BCUT2D eigenvalue weighted by atomic mass is 10.1. The summed E-state index contributed by atoms with van der Waals surface area (Å²) in [5.41, 5.74) is 0.223. The van der Waals surface area contributed by atoms with Crippen LogP contribution >= 0.6 is 0 Å². The van der Waals surface area contributed by atoms with Crippen molar-refractivity contribution in [1.82, 2.24) is 14.7 Å². The zero-order valence-electron chi connectivity index (χ0n) is 10.3. The number of nitroso groups, excluding NO2 is 1. The van der Waals surface area contributed by atoms with Gasteiger partial charge in [0.25, 0.3) is 0 Å². The summed E-state index contributed by atoms with van der Waals surface area (Å²) < 4.78 is 7.13. The zero-order chi connectivity index (χ0) is 12.3. The Bertz CT molecular complexity index is 383. The van der Waals surface area contributed by atoms with Gasteiger partial charge in [-0.1, -0.05) is 0 Å². The Labute approximate surface area is 101 Å². The zero-order valence-corrected chi connectivity index (χ0v) is 10.3. The van der Waals surface area contributed by atoms with Gasteiger partial charge in [-0.25, -0.2) is 0 Å². The lowest BCUT2D eigenvalue weighted by molar-refractivity contribution is 0.0213. The molecule has 1 fully saturated rings. The Balaban J connectivity index is 2.03. The fraction of sp³-hybridized carbons (Fsp3) is 0.727. The van der Waals surface area contributed by atoms with Crippen molar-refractivity contribution in [3.63, 3.8) is 0 Å². The van der Waals surface area contributed by atoms with Crippen molar-refractivity contribution in [2.24, 2.45) is 5.18 Å². The maximum absolute atomic E-state index is 10.4. The molecule has 6 nitrogen and oxygen atoms in total. The van der Waals surface area contributed by atoms with Crippen LogP contribution in [0.4, 0.5) is 5.69 Å². The van der Waals surface area contributed by atoms with Gasteiger partial charge < -0.3 is 4.74 Å². The van der Waals surface area contributed by atoms with E-state index in [4.69, 9.17) is 4.74 Å². The highest BCUT2D eigenvalue weighted by Gasteiger charge is 2.25. The molecule has 0 unspecified atom stereocenters. The molecule has 1 aliphatic heterocycles. The third-order valence-corrected chi connectivity index (χ3v) is 3.01. The summed E-state index contributed by atoms with van der Waals surface area (Å²) in [5, 5.41) is 7.07. The van der Waals surface area contributed by atoms with Crippen molar-refractivity contribution in [2.75, 3.05) is 32.8 Å². The van der Waals surface area contributed by atoms with Gasteiger partial charge in [-0.2, -0.15) is 5.10 Å². The maximum Gasteiger partial charge on any atom is 0.145 e. The van der Waals surface area contributed by atoms with Gasteiger partial charge in [0.05, 0.1) is 31.1 Å². The van der Waals surface area contributed by atoms with E-state index in [0.29, 0.717) is 5.69 Å². The fourth-order valence-electron chi connectivity index (χ4n) is 2.07. The monoisotopic (exact) mass is 238 g/mol. The molecule has 94 valence electrons. The Morgan fingerprint density at radius 3 is 2.76 bits per heavy atom. The van der Waals surface area contributed by atoms with Crippen LogP contribution in [-0.2, 0) is 10.3 Å². The van der Waals surface area contributed by atoms with E-state index in [2.05, 4.69) is 29.0 Å². The molecular weight excluding hydrogens is 220 g/mol. The summed E-state index contributed by atoms with van der Waals surface area (Å²) in [6, 6.07) is 0. The largest absolute Gasteiger partial charge is 0.379 e. The molecule has 2 heterocycles. The van der Waals surface area contributed by atoms with Crippen molar-refractivity contribution in [3.05, 3.63) is 17.3 Å². The second-order valence-electron chi connectivity index (χ2n) is 4.94. The van der Waals surface area contributed by atoms with Crippen LogP contribution in [0.2, 0.25) is 0 Å². The molecule has 0 saturated carbocycles. The minimum Gasteiger partial charge on any atom is -0.379 e. The number of ether oxygens (including phenoxy) is 1. The first-order valence-corrected chi connectivity index (χ1v) is 5.80. The molecule has 6 heteroatoms. The number of hydrogen-bond acceptors (Lipinski definition) is 5. The van der Waals surface area contributed by atoms with Crippen LogP contribution in [0.5, 0.6) is 0 Å². The number of nitrogens with zero attached hydrogens (tertiary/aromatic N) is 4. The summed E-state index contributed by atoms with van der Waals surface area (Å²) in [7, 11) is 0. The van der Waals surface area contributed by atoms with Crippen LogP contribution in [0.3, 0.4) is 0 Å². The second-order valence-corrected chi connectivity index (χ2v) is 4.94. The van der Waals surface area contributed by atoms with Crippen molar-refractivity contribution >= 4 is 5.69 Å². The molecule has 0 N–H and O–H groups in total. The van der Waals surface area contributed by atoms with E-state index in [9.17, 15) is 4.91 Å². The van der Waals surface area contributed by atoms with Gasteiger partial charge in [0.2, 0.25) is 0 Å². The van der Waals surface area contributed by atoms with Gasteiger partial charge in [0, 0.05) is 19.6 Å². The summed E-state index contributed by atoms with van der Waals surface area (Å²) in [4.78, 5) is 12.8. The minimum atomic E-state index is -0.153. The first kappa shape index (κ1) is 12.2. The Morgan fingerprint density at radius 2 is 2.18 bits per heavy atom.